The molecule has 5 nitrogen and oxygen atoms in total. The van der Waals surface area contributed by atoms with Gasteiger partial charge in [-0.15, -0.1) is 11.3 Å². The van der Waals surface area contributed by atoms with Crippen LogP contribution in [0, 0.1) is 0 Å². The van der Waals surface area contributed by atoms with Crippen molar-refractivity contribution in [2.75, 3.05) is 0 Å². The second-order valence-electron chi connectivity index (χ2n) is 4.76. The molecule has 1 aliphatic rings. The molecule has 0 aliphatic carbocycles. The zero-order valence-electron chi connectivity index (χ0n) is 10.8. The van der Waals surface area contributed by atoms with E-state index in [4.69, 9.17) is 0 Å². The summed E-state index contributed by atoms with van der Waals surface area (Å²) >= 11 is 1.49. The van der Waals surface area contributed by atoms with Crippen molar-refractivity contribution in [1.29, 1.82) is 0 Å². The normalized spacial score (nSPS) is 28.4. The Morgan fingerprint density at radius 3 is 2.83 bits per heavy atom. The minimum absolute atomic E-state index is 0.0369. The van der Waals surface area contributed by atoms with E-state index < -0.39 is 11.6 Å². The van der Waals surface area contributed by atoms with Crippen LogP contribution in [0.15, 0.2) is 10.9 Å². The molecule has 98 valence electrons. The van der Waals surface area contributed by atoms with Gasteiger partial charge in [-0.2, -0.15) is 0 Å². The molecule has 1 aromatic rings. The first-order chi connectivity index (χ1) is 8.48. The van der Waals surface area contributed by atoms with Crippen LogP contribution in [0.4, 0.5) is 0 Å². The van der Waals surface area contributed by atoms with Gasteiger partial charge in [0.15, 0.2) is 0 Å². The lowest BCUT2D eigenvalue weighted by atomic mass is 9.92. The van der Waals surface area contributed by atoms with E-state index in [-0.39, 0.29) is 11.8 Å². The third-order valence-electron chi connectivity index (χ3n) is 3.50. The molecule has 2 unspecified atom stereocenters. The number of nitrogens with one attached hydrogen (secondary N) is 1. The standard InChI is InChI=1S/C12H17N3O2S/c1-4-12(3)11(17)15(8(2)10(16)14-12)5-9-6-18-7-13-9/h6-8H,4-5H2,1-3H3,(H,14,16). The fraction of sp³-hybridized carbons (Fsp3) is 0.583. The molecule has 0 aromatic carbocycles. The van der Waals surface area contributed by atoms with Crippen LogP contribution in [0.2, 0.25) is 0 Å². The second-order valence-corrected chi connectivity index (χ2v) is 5.48. The summed E-state index contributed by atoms with van der Waals surface area (Å²) in [6, 6.07) is -0.446. The molecule has 6 heteroatoms. The number of hydrogen-bond donors (Lipinski definition) is 1. The number of nitrogens with zero attached hydrogens (tertiary/aromatic N) is 2. The molecule has 0 spiro atoms. The average molecular weight is 267 g/mol. The summed E-state index contributed by atoms with van der Waals surface area (Å²) in [6.45, 7) is 5.81. The summed E-state index contributed by atoms with van der Waals surface area (Å²) in [5.41, 5.74) is 1.76. The number of carbonyl (C=O) groups excluding carboxylic acids is 2. The van der Waals surface area contributed by atoms with Crippen molar-refractivity contribution in [2.24, 2.45) is 0 Å². The summed E-state index contributed by atoms with van der Waals surface area (Å²) in [5, 5.41) is 4.70. The lowest BCUT2D eigenvalue weighted by molar-refractivity contribution is -0.154. The molecule has 1 fully saturated rings. The fourth-order valence-electron chi connectivity index (χ4n) is 2.00. The molecule has 1 saturated heterocycles. The molecule has 0 saturated carbocycles. The zero-order valence-corrected chi connectivity index (χ0v) is 11.6. The number of hydrogen-bond acceptors (Lipinski definition) is 4. The van der Waals surface area contributed by atoms with Gasteiger partial charge in [-0.05, 0) is 20.3 Å². The molecule has 2 heterocycles. The highest BCUT2D eigenvalue weighted by Crippen LogP contribution is 2.23. The van der Waals surface area contributed by atoms with Crippen molar-refractivity contribution in [2.45, 2.75) is 45.3 Å². The number of amides is 2. The third-order valence-corrected chi connectivity index (χ3v) is 4.14. The van der Waals surface area contributed by atoms with Gasteiger partial charge >= 0.3 is 0 Å². The van der Waals surface area contributed by atoms with Gasteiger partial charge in [0.1, 0.15) is 11.6 Å². The van der Waals surface area contributed by atoms with Crippen molar-refractivity contribution in [3.63, 3.8) is 0 Å². The lowest BCUT2D eigenvalue weighted by Gasteiger charge is -2.42. The first-order valence-corrected chi connectivity index (χ1v) is 6.92. The van der Waals surface area contributed by atoms with Crippen LogP contribution in [0.3, 0.4) is 0 Å². The maximum absolute atomic E-state index is 12.4. The van der Waals surface area contributed by atoms with Gasteiger partial charge in [0.05, 0.1) is 17.7 Å². The highest BCUT2D eigenvalue weighted by Gasteiger charge is 2.45. The zero-order chi connectivity index (χ0) is 13.3. The minimum Gasteiger partial charge on any atom is -0.340 e. The van der Waals surface area contributed by atoms with Gasteiger partial charge in [0, 0.05) is 5.38 Å². The van der Waals surface area contributed by atoms with Crippen molar-refractivity contribution in [3.8, 4) is 0 Å². The van der Waals surface area contributed by atoms with E-state index in [2.05, 4.69) is 10.3 Å². The summed E-state index contributed by atoms with van der Waals surface area (Å²) in [4.78, 5) is 30.2. The summed E-state index contributed by atoms with van der Waals surface area (Å²) < 4.78 is 0. The van der Waals surface area contributed by atoms with Crippen LogP contribution in [0.25, 0.3) is 0 Å². The molecule has 1 aliphatic heterocycles. The van der Waals surface area contributed by atoms with E-state index in [0.717, 1.165) is 5.69 Å². The van der Waals surface area contributed by atoms with E-state index in [9.17, 15) is 9.59 Å². The van der Waals surface area contributed by atoms with Crippen molar-refractivity contribution < 1.29 is 9.59 Å². The molecule has 2 atom stereocenters. The predicted octanol–water partition coefficient (Wildman–Crippen LogP) is 1.16. The number of piperazine rings is 1. The molecular formula is C12H17N3O2S. The first-order valence-electron chi connectivity index (χ1n) is 5.98. The Morgan fingerprint density at radius 2 is 2.28 bits per heavy atom. The highest BCUT2D eigenvalue weighted by molar-refractivity contribution is 7.07. The fourth-order valence-corrected chi connectivity index (χ4v) is 2.55. The van der Waals surface area contributed by atoms with Crippen LogP contribution in [0.1, 0.15) is 32.9 Å². The molecule has 18 heavy (non-hydrogen) atoms. The quantitative estimate of drug-likeness (QED) is 0.894. The maximum atomic E-state index is 12.4. The number of aromatic nitrogens is 1. The van der Waals surface area contributed by atoms with E-state index in [1.807, 2.05) is 12.3 Å². The largest absolute Gasteiger partial charge is 0.340 e. The average Bonchev–Trinajstić information content (AvgIpc) is 2.85. The number of thiazole rings is 1. The van der Waals surface area contributed by atoms with E-state index >= 15 is 0 Å². The molecule has 0 bridgehead atoms. The van der Waals surface area contributed by atoms with Gasteiger partial charge in [-0.1, -0.05) is 6.92 Å². The Morgan fingerprint density at radius 1 is 1.56 bits per heavy atom. The summed E-state index contributed by atoms with van der Waals surface area (Å²) in [5.74, 6) is -0.140. The SMILES string of the molecule is CCC1(C)NC(=O)C(C)N(Cc2cscn2)C1=O. The van der Waals surface area contributed by atoms with E-state index in [0.29, 0.717) is 13.0 Å². The predicted molar refractivity (Wildman–Crippen MR) is 69.0 cm³/mol. The van der Waals surface area contributed by atoms with Gasteiger partial charge in [-0.25, -0.2) is 4.98 Å². The maximum Gasteiger partial charge on any atom is 0.249 e. The topological polar surface area (TPSA) is 62.3 Å². The Hall–Kier alpha value is -1.43. The van der Waals surface area contributed by atoms with E-state index in [1.54, 1.807) is 24.3 Å². The van der Waals surface area contributed by atoms with E-state index in [1.165, 1.54) is 11.3 Å². The van der Waals surface area contributed by atoms with Crippen LogP contribution in [-0.4, -0.2) is 33.3 Å². The minimum atomic E-state index is -0.792. The highest BCUT2D eigenvalue weighted by atomic mass is 32.1. The van der Waals surface area contributed by atoms with Crippen molar-refractivity contribution >= 4 is 23.2 Å². The number of carbonyl (C=O) groups is 2. The Kier molecular flexibility index (Phi) is 3.38. The van der Waals surface area contributed by atoms with Crippen LogP contribution >= 0.6 is 11.3 Å². The molecule has 1 N–H and O–H groups in total. The molecular weight excluding hydrogens is 250 g/mol. The second kappa shape index (κ2) is 4.68. The van der Waals surface area contributed by atoms with Crippen LogP contribution in [0.5, 0.6) is 0 Å². The van der Waals surface area contributed by atoms with Gasteiger partial charge in [0.25, 0.3) is 0 Å². The molecule has 1 aromatic heterocycles. The third kappa shape index (κ3) is 2.12. The van der Waals surface area contributed by atoms with Gasteiger partial charge in [-0.3, -0.25) is 9.59 Å². The Labute approximate surface area is 110 Å². The molecule has 2 rings (SSSR count). The lowest BCUT2D eigenvalue weighted by Crippen LogP contribution is -2.68. The smallest absolute Gasteiger partial charge is 0.249 e. The molecule has 0 radical (unpaired) electrons. The summed E-state index contributed by atoms with van der Waals surface area (Å²) in [6.07, 6.45) is 0.581. The van der Waals surface area contributed by atoms with Crippen molar-refractivity contribution in [1.82, 2.24) is 15.2 Å². The first kappa shape index (κ1) is 13.0. The summed E-state index contributed by atoms with van der Waals surface area (Å²) in [7, 11) is 0. The van der Waals surface area contributed by atoms with Crippen molar-refractivity contribution in [3.05, 3.63) is 16.6 Å². The van der Waals surface area contributed by atoms with Gasteiger partial charge < -0.3 is 10.2 Å². The Bertz CT molecular complexity index is 460. The monoisotopic (exact) mass is 267 g/mol. The van der Waals surface area contributed by atoms with Gasteiger partial charge in [0.2, 0.25) is 11.8 Å². The number of rotatable bonds is 3. The Balaban J connectivity index is 2.25. The van der Waals surface area contributed by atoms with Crippen LogP contribution in [-0.2, 0) is 16.1 Å². The molecule has 2 amide bonds. The van der Waals surface area contributed by atoms with Crippen LogP contribution < -0.4 is 5.32 Å².